The highest BCUT2D eigenvalue weighted by atomic mass is 32.2. The number of benzene rings is 1. The van der Waals surface area contributed by atoms with E-state index in [1.165, 1.54) is 11.3 Å². The van der Waals surface area contributed by atoms with Gasteiger partial charge in [-0.15, -0.1) is 0 Å². The lowest BCUT2D eigenvalue weighted by atomic mass is 9.87. The first-order chi connectivity index (χ1) is 7.97. The summed E-state index contributed by atoms with van der Waals surface area (Å²) in [7, 11) is -0.595. The van der Waals surface area contributed by atoms with E-state index in [1.807, 2.05) is 0 Å². The lowest BCUT2D eigenvalue weighted by Gasteiger charge is -2.29. The molecule has 2 rings (SSSR count). The maximum absolute atomic E-state index is 11.3. The van der Waals surface area contributed by atoms with E-state index in [1.54, 1.807) is 0 Å². The maximum atomic E-state index is 11.3. The Bertz CT molecular complexity index is 395. The number of hydrogen-bond donors (Lipinski definition) is 0. The summed E-state index contributed by atoms with van der Waals surface area (Å²) in [5.74, 6) is 1.61. The Morgan fingerprint density at radius 1 is 1.06 bits per heavy atom. The van der Waals surface area contributed by atoms with Crippen molar-refractivity contribution < 1.29 is 4.21 Å². The van der Waals surface area contributed by atoms with Gasteiger partial charge in [-0.25, -0.2) is 0 Å². The Labute approximate surface area is 106 Å². The van der Waals surface area contributed by atoms with E-state index in [0.717, 1.165) is 24.6 Å². The van der Waals surface area contributed by atoms with Crippen LogP contribution >= 0.6 is 0 Å². The molecule has 0 aromatic heterocycles. The summed E-state index contributed by atoms with van der Waals surface area (Å²) in [6.45, 7) is 8.52. The Hall–Kier alpha value is -0.830. The first-order valence-corrected chi connectivity index (χ1v) is 7.66. The number of hydrogen-bond acceptors (Lipinski definition) is 2. The summed E-state index contributed by atoms with van der Waals surface area (Å²) in [6, 6.07) is 8.80. The summed E-state index contributed by atoms with van der Waals surface area (Å²) < 4.78 is 11.3. The van der Waals surface area contributed by atoms with Crippen LogP contribution in [0.25, 0.3) is 0 Å². The Kier molecular flexibility index (Phi) is 3.57. The maximum Gasteiger partial charge on any atom is 0.0411 e. The number of rotatable bonds is 1. The molecule has 0 bridgehead atoms. The van der Waals surface area contributed by atoms with E-state index in [9.17, 15) is 4.21 Å². The highest BCUT2D eigenvalue weighted by Crippen LogP contribution is 2.25. The monoisotopic (exact) mass is 251 g/mol. The first kappa shape index (κ1) is 12.6. The zero-order valence-electron chi connectivity index (χ0n) is 10.9. The minimum Gasteiger partial charge on any atom is -0.370 e. The predicted molar refractivity (Wildman–Crippen MR) is 75.2 cm³/mol. The molecule has 3 heteroatoms. The van der Waals surface area contributed by atoms with Gasteiger partial charge in [-0.3, -0.25) is 4.21 Å². The summed E-state index contributed by atoms with van der Waals surface area (Å²) in [5.41, 5.74) is 2.83. The zero-order chi connectivity index (χ0) is 12.5. The fraction of sp³-hybridized carbons (Fsp3) is 0.571. The molecule has 1 fully saturated rings. The molecule has 0 unspecified atom stereocenters. The average Bonchev–Trinajstić information content (AvgIpc) is 2.29. The van der Waals surface area contributed by atoms with Gasteiger partial charge in [-0.05, 0) is 23.1 Å². The standard InChI is InChI=1S/C14H21NOS/c1-14(2,3)12-4-6-13(7-5-12)15-8-10-17(16)11-9-15/h4-7H,8-11H2,1-3H3. The van der Waals surface area contributed by atoms with Crippen molar-refractivity contribution in [2.24, 2.45) is 0 Å². The third-order valence-electron chi connectivity index (χ3n) is 3.28. The van der Waals surface area contributed by atoms with Gasteiger partial charge in [-0.2, -0.15) is 0 Å². The molecule has 1 aromatic carbocycles. The molecule has 1 aliphatic rings. The smallest absolute Gasteiger partial charge is 0.0411 e. The van der Waals surface area contributed by atoms with Gasteiger partial charge in [0.25, 0.3) is 0 Å². The Morgan fingerprint density at radius 3 is 2.06 bits per heavy atom. The van der Waals surface area contributed by atoms with Crippen molar-refractivity contribution in [3.05, 3.63) is 29.8 Å². The zero-order valence-corrected chi connectivity index (χ0v) is 11.7. The van der Waals surface area contributed by atoms with Crippen LogP contribution in [0.3, 0.4) is 0 Å². The molecule has 1 aliphatic heterocycles. The molecule has 0 N–H and O–H groups in total. The quantitative estimate of drug-likeness (QED) is 0.764. The van der Waals surface area contributed by atoms with E-state index in [-0.39, 0.29) is 5.41 Å². The third-order valence-corrected chi connectivity index (χ3v) is 4.55. The lowest BCUT2D eigenvalue weighted by Crippen LogP contribution is -2.37. The normalized spacial score (nSPS) is 18.4. The fourth-order valence-electron chi connectivity index (χ4n) is 2.07. The molecule has 0 amide bonds. The van der Waals surface area contributed by atoms with Gasteiger partial charge >= 0.3 is 0 Å². The molecule has 1 saturated heterocycles. The van der Waals surface area contributed by atoms with E-state index in [2.05, 4.69) is 49.9 Å². The lowest BCUT2D eigenvalue weighted by molar-refractivity contribution is 0.590. The number of nitrogens with zero attached hydrogens (tertiary/aromatic N) is 1. The van der Waals surface area contributed by atoms with Gasteiger partial charge in [0.15, 0.2) is 0 Å². The summed E-state index contributed by atoms with van der Waals surface area (Å²) in [4.78, 5) is 2.33. The van der Waals surface area contributed by atoms with Gasteiger partial charge < -0.3 is 4.90 Å². The van der Waals surface area contributed by atoms with Crippen LogP contribution in [-0.2, 0) is 16.2 Å². The van der Waals surface area contributed by atoms with E-state index in [0.29, 0.717) is 0 Å². The minimum atomic E-state index is -0.595. The first-order valence-electron chi connectivity index (χ1n) is 6.17. The van der Waals surface area contributed by atoms with E-state index >= 15 is 0 Å². The Balaban J connectivity index is 2.10. The molecule has 0 saturated carbocycles. The van der Waals surface area contributed by atoms with Crippen molar-refractivity contribution in [2.45, 2.75) is 26.2 Å². The van der Waals surface area contributed by atoms with Crippen LogP contribution in [0.15, 0.2) is 24.3 Å². The molecule has 1 heterocycles. The summed E-state index contributed by atoms with van der Waals surface area (Å²) >= 11 is 0. The molecule has 17 heavy (non-hydrogen) atoms. The largest absolute Gasteiger partial charge is 0.370 e. The van der Waals surface area contributed by atoms with Crippen LogP contribution in [0, 0.1) is 0 Å². The second kappa shape index (κ2) is 4.81. The summed E-state index contributed by atoms with van der Waals surface area (Å²) in [6.07, 6.45) is 0. The summed E-state index contributed by atoms with van der Waals surface area (Å²) in [5, 5.41) is 0. The average molecular weight is 251 g/mol. The molecule has 2 nitrogen and oxygen atoms in total. The van der Waals surface area contributed by atoms with Crippen molar-refractivity contribution in [1.29, 1.82) is 0 Å². The van der Waals surface area contributed by atoms with Crippen molar-refractivity contribution in [3.8, 4) is 0 Å². The van der Waals surface area contributed by atoms with E-state index in [4.69, 9.17) is 0 Å². The highest BCUT2D eigenvalue weighted by molar-refractivity contribution is 7.85. The number of anilines is 1. The van der Waals surface area contributed by atoms with Crippen molar-refractivity contribution in [3.63, 3.8) is 0 Å². The molecule has 0 atom stereocenters. The minimum absolute atomic E-state index is 0.210. The third kappa shape index (κ3) is 3.09. The second-order valence-corrected chi connectivity index (χ2v) is 7.33. The van der Waals surface area contributed by atoms with Crippen LogP contribution in [-0.4, -0.2) is 28.8 Å². The SMILES string of the molecule is CC(C)(C)c1ccc(N2CCS(=O)CC2)cc1. The van der Waals surface area contributed by atoms with Crippen molar-refractivity contribution >= 4 is 16.5 Å². The topological polar surface area (TPSA) is 20.3 Å². The highest BCUT2D eigenvalue weighted by Gasteiger charge is 2.17. The predicted octanol–water partition coefficient (Wildman–Crippen LogP) is 2.55. The molecule has 0 aliphatic carbocycles. The van der Waals surface area contributed by atoms with Gasteiger partial charge in [0.1, 0.15) is 0 Å². The van der Waals surface area contributed by atoms with Gasteiger partial charge in [0.05, 0.1) is 0 Å². The van der Waals surface area contributed by atoms with Crippen molar-refractivity contribution in [1.82, 2.24) is 0 Å². The van der Waals surface area contributed by atoms with Gasteiger partial charge in [0, 0.05) is 41.1 Å². The fourth-order valence-corrected chi connectivity index (χ4v) is 3.12. The van der Waals surface area contributed by atoms with Crippen LogP contribution in [0.2, 0.25) is 0 Å². The van der Waals surface area contributed by atoms with E-state index < -0.39 is 10.8 Å². The second-order valence-electron chi connectivity index (χ2n) is 5.63. The van der Waals surface area contributed by atoms with Crippen LogP contribution in [0.5, 0.6) is 0 Å². The Morgan fingerprint density at radius 2 is 1.59 bits per heavy atom. The van der Waals surface area contributed by atoms with Crippen LogP contribution < -0.4 is 4.90 Å². The molecular formula is C14H21NOS. The van der Waals surface area contributed by atoms with Gasteiger partial charge in [0.2, 0.25) is 0 Å². The molecule has 1 aromatic rings. The molecule has 94 valence electrons. The molecule has 0 radical (unpaired) electrons. The van der Waals surface area contributed by atoms with Crippen molar-refractivity contribution in [2.75, 3.05) is 29.5 Å². The van der Waals surface area contributed by atoms with Crippen LogP contribution in [0.1, 0.15) is 26.3 Å². The van der Waals surface area contributed by atoms with Crippen LogP contribution in [0.4, 0.5) is 5.69 Å². The molecular weight excluding hydrogens is 230 g/mol. The molecule has 0 spiro atoms. The van der Waals surface area contributed by atoms with Gasteiger partial charge in [-0.1, -0.05) is 32.9 Å².